The fourth-order valence-electron chi connectivity index (χ4n) is 2.73. The van der Waals surface area contributed by atoms with Crippen LogP contribution in [-0.2, 0) is 4.74 Å². The minimum atomic E-state index is -0.450. The maximum atomic E-state index is 11.8. The lowest BCUT2D eigenvalue weighted by Crippen LogP contribution is -2.38. The highest BCUT2D eigenvalue weighted by molar-refractivity contribution is 9.10. The van der Waals surface area contributed by atoms with Crippen molar-refractivity contribution in [2.75, 3.05) is 5.32 Å². The Balaban J connectivity index is 1.84. The third-order valence-corrected chi connectivity index (χ3v) is 4.19. The third-order valence-electron chi connectivity index (χ3n) is 3.70. The summed E-state index contributed by atoms with van der Waals surface area (Å²) in [6.07, 6.45) is 2.63. The monoisotopic (exact) mass is 368 g/mol. The molecule has 2 rings (SSSR count). The molecule has 0 spiro atoms. The van der Waals surface area contributed by atoms with Crippen molar-refractivity contribution in [2.24, 2.45) is 0 Å². The van der Waals surface area contributed by atoms with Gasteiger partial charge in [-0.05, 0) is 70.7 Å². The lowest BCUT2D eigenvalue weighted by Gasteiger charge is -2.22. The van der Waals surface area contributed by atoms with E-state index in [-0.39, 0.29) is 12.1 Å². The number of benzene rings is 1. The molecular weight excluding hydrogens is 344 g/mol. The van der Waals surface area contributed by atoms with E-state index in [1.165, 1.54) is 5.56 Å². The molecule has 0 aromatic heterocycles. The summed E-state index contributed by atoms with van der Waals surface area (Å²) in [5, 5.41) is 6.54. The number of amides is 1. The number of anilines is 1. The summed E-state index contributed by atoms with van der Waals surface area (Å²) in [5.41, 5.74) is 1.93. The van der Waals surface area contributed by atoms with E-state index in [4.69, 9.17) is 4.74 Å². The Morgan fingerprint density at radius 2 is 1.95 bits per heavy atom. The van der Waals surface area contributed by atoms with E-state index in [9.17, 15) is 4.79 Å². The van der Waals surface area contributed by atoms with Gasteiger partial charge >= 0.3 is 6.09 Å². The Bertz CT molecular complexity index is 540. The van der Waals surface area contributed by atoms with Crippen molar-refractivity contribution in [1.29, 1.82) is 0 Å². The highest BCUT2D eigenvalue weighted by Crippen LogP contribution is 2.26. The van der Waals surface area contributed by atoms with Crippen LogP contribution in [0.25, 0.3) is 0 Å². The van der Waals surface area contributed by atoms with E-state index in [0.717, 1.165) is 29.4 Å². The number of alkyl carbamates (subject to hydrolysis) is 1. The highest BCUT2D eigenvalue weighted by atomic mass is 79.9. The van der Waals surface area contributed by atoms with Crippen LogP contribution in [0.4, 0.5) is 10.5 Å². The van der Waals surface area contributed by atoms with Gasteiger partial charge in [-0.3, -0.25) is 0 Å². The molecule has 1 amide bonds. The van der Waals surface area contributed by atoms with Gasteiger partial charge in [0.2, 0.25) is 0 Å². The number of carbonyl (C=O) groups is 1. The zero-order valence-electron chi connectivity index (χ0n) is 13.7. The molecule has 5 heteroatoms. The Morgan fingerprint density at radius 3 is 2.59 bits per heavy atom. The minimum Gasteiger partial charge on any atom is -0.444 e. The third kappa shape index (κ3) is 5.20. The maximum absolute atomic E-state index is 11.8. The maximum Gasteiger partial charge on any atom is 0.407 e. The van der Waals surface area contributed by atoms with Gasteiger partial charge < -0.3 is 15.4 Å². The van der Waals surface area contributed by atoms with Crippen LogP contribution in [0.1, 0.15) is 45.6 Å². The smallest absolute Gasteiger partial charge is 0.407 e. The van der Waals surface area contributed by atoms with Gasteiger partial charge in [0.05, 0.1) is 0 Å². The van der Waals surface area contributed by atoms with Gasteiger partial charge in [0.1, 0.15) is 5.60 Å². The average Bonchev–Trinajstić information content (AvgIpc) is 2.77. The highest BCUT2D eigenvalue weighted by Gasteiger charge is 2.27. The molecular formula is C17H25BrN2O2. The number of nitrogens with one attached hydrogen (secondary N) is 2. The van der Waals surface area contributed by atoms with Crippen LogP contribution in [0.3, 0.4) is 0 Å². The molecule has 1 aliphatic carbocycles. The lowest BCUT2D eigenvalue weighted by molar-refractivity contribution is 0.0505. The van der Waals surface area contributed by atoms with Gasteiger partial charge in [-0.25, -0.2) is 4.79 Å². The van der Waals surface area contributed by atoms with Crippen molar-refractivity contribution in [3.05, 3.63) is 28.2 Å². The lowest BCUT2D eigenvalue weighted by atomic mass is 10.1. The Morgan fingerprint density at radius 1 is 1.27 bits per heavy atom. The predicted octanol–water partition coefficient (Wildman–Crippen LogP) is 4.62. The van der Waals surface area contributed by atoms with Crippen LogP contribution in [0, 0.1) is 6.92 Å². The Kier molecular flexibility index (Phi) is 5.37. The molecule has 2 atom stereocenters. The molecule has 1 aliphatic rings. The van der Waals surface area contributed by atoms with Crippen molar-refractivity contribution in [3.8, 4) is 0 Å². The van der Waals surface area contributed by atoms with E-state index in [1.807, 2.05) is 26.8 Å². The fraction of sp³-hybridized carbons (Fsp3) is 0.588. The number of hydrogen-bond acceptors (Lipinski definition) is 3. The van der Waals surface area contributed by atoms with Crippen LogP contribution in [0.15, 0.2) is 22.7 Å². The van der Waals surface area contributed by atoms with Gasteiger partial charge in [-0.1, -0.05) is 15.9 Å². The van der Waals surface area contributed by atoms with Crippen LogP contribution in [0.2, 0.25) is 0 Å². The SMILES string of the molecule is Cc1cc(Br)ccc1NC1CCC(NC(=O)OC(C)(C)C)C1. The molecule has 0 radical (unpaired) electrons. The van der Waals surface area contributed by atoms with Crippen molar-refractivity contribution in [2.45, 2.75) is 64.6 Å². The van der Waals surface area contributed by atoms with Crippen LogP contribution < -0.4 is 10.6 Å². The van der Waals surface area contributed by atoms with E-state index >= 15 is 0 Å². The second-order valence-electron chi connectivity index (χ2n) is 6.96. The number of aryl methyl sites for hydroxylation is 1. The first-order valence-corrected chi connectivity index (χ1v) is 8.54. The van der Waals surface area contributed by atoms with Crippen LogP contribution >= 0.6 is 15.9 Å². The summed E-state index contributed by atoms with van der Waals surface area (Å²) < 4.78 is 6.40. The summed E-state index contributed by atoms with van der Waals surface area (Å²) in [6.45, 7) is 7.73. The summed E-state index contributed by atoms with van der Waals surface area (Å²) in [7, 11) is 0. The molecule has 0 saturated heterocycles. The molecule has 4 nitrogen and oxygen atoms in total. The number of rotatable bonds is 3. The van der Waals surface area contributed by atoms with Gasteiger partial charge in [0, 0.05) is 22.2 Å². The number of halogens is 1. The Hall–Kier alpha value is -1.23. The molecule has 2 N–H and O–H groups in total. The molecule has 0 bridgehead atoms. The van der Waals surface area contributed by atoms with Gasteiger partial charge in [-0.2, -0.15) is 0 Å². The first kappa shape index (κ1) is 17.1. The first-order valence-electron chi connectivity index (χ1n) is 7.75. The van der Waals surface area contributed by atoms with Gasteiger partial charge in [0.15, 0.2) is 0 Å². The minimum absolute atomic E-state index is 0.183. The van der Waals surface area contributed by atoms with Crippen molar-refractivity contribution in [1.82, 2.24) is 5.32 Å². The molecule has 0 aliphatic heterocycles. The quantitative estimate of drug-likeness (QED) is 0.818. The second kappa shape index (κ2) is 6.90. The van der Waals surface area contributed by atoms with Crippen molar-refractivity contribution in [3.63, 3.8) is 0 Å². The van der Waals surface area contributed by atoms with Crippen molar-refractivity contribution < 1.29 is 9.53 Å². The average molecular weight is 369 g/mol. The summed E-state index contributed by atoms with van der Waals surface area (Å²) in [6, 6.07) is 6.81. The molecule has 1 aromatic rings. The number of hydrogen-bond donors (Lipinski definition) is 2. The molecule has 1 fully saturated rings. The zero-order chi connectivity index (χ0) is 16.3. The zero-order valence-corrected chi connectivity index (χ0v) is 15.3. The normalized spacial score (nSPS) is 21.5. The van der Waals surface area contributed by atoms with Crippen LogP contribution in [-0.4, -0.2) is 23.8 Å². The standard InChI is InChI=1S/C17H25BrN2O2/c1-11-9-12(18)5-8-15(11)19-13-6-7-14(10-13)20-16(21)22-17(2,3)4/h5,8-9,13-14,19H,6-7,10H2,1-4H3,(H,20,21). The number of ether oxygens (including phenoxy) is 1. The summed E-state index contributed by atoms with van der Waals surface area (Å²) >= 11 is 3.48. The summed E-state index contributed by atoms with van der Waals surface area (Å²) in [5.74, 6) is 0. The topological polar surface area (TPSA) is 50.4 Å². The van der Waals surface area contributed by atoms with Gasteiger partial charge in [0.25, 0.3) is 0 Å². The van der Waals surface area contributed by atoms with E-state index < -0.39 is 5.60 Å². The van der Waals surface area contributed by atoms with E-state index in [2.05, 4.69) is 45.6 Å². The van der Waals surface area contributed by atoms with Gasteiger partial charge in [-0.15, -0.1) is 0 Å². The fourth-order valence-corrected chi connectivity index (χ4v) is 3.20. The van der Waals surface area contributed by atoms with E-state index in [0.29, 0.717) is 6.04 Å². The summed E-state index contributed by atoms with van der Waals surface area (Å²) in [4.78, 5) is 11.8. The molecule has 122 valence electrons. The molecule has 1 aromatic carbocycles. The first-order chi connectivity index (χ1) is 10.2. The predicted molar refractivity (Wildman–Crippen MR) is 93.3 cm³/mol. The molecule has 22 heavy (non-hydrogen) atoms. The van der Waals surface area contributed by atoms with Crippen molar-refractivity contribution >= 4 is 27.7 Å². The molecule has 0 heterocycles. The Labute approximate surface area is 141 Å². The second-order valence-corrected chi connectivity index (χ2v) is 7.87. The largest absolute Gasteiger partial charge is 0.444 e. The number of carbonyl (C=O) groups excluding carboxylic acids is 1. The molecule has 2 unspecified atom stereocenters. The molecule has 1 saturated carbocycles. The van der Waals surface area contributed by atoms with E-state index in [1.54, 1.807) is 0 Å². The van der Waals surface area contributed by atoms with Crippen LogP contribution in [0.5, 0.6) is 0 Å².